The van der Waals surface area contributed by atoms with Gasteiger partial charge in [-0.1, -0.05) is 74.5 Å². The zero-order valence-electron chi connectivity index (χ0n) is 21.5. The Hall–Kier alpha value is -2.26. The number of thiol groups is 1. The lowest BCUT2D eigenvalue weighted by atomic mass is 10.1. The summed E-state index contributed by atoms with van der Waals surface area (Å²) in [5, 5.41) is 20.2. The number of hydrogen-bond acceptors (Lipinski definition) is 6. The van der Waals surface area contributed by atoms with Crippen molar-refractivity contribution in [2.75, 3.05) is 11.5 Å². The van der Waals surface area contributed by atoms with Gasteiger partial charge in [0.05, 0.1) is 5.25 Å². The molecule has 2 aliphatic heterocycles. The number of likely N-dealkylation sites (tertiary alicyclic amines) is 1. The minimum Gasteiger partial charge on any atom is -0.371 e. The van der Waals surface area contributed by atoms with Crippen LogP contribution in [0.4, 0.5) is 0 Å². The van der Waals surface area contributed by atoms with E-state index in [9.17, 15) is 19.8 Å². The van der Waals surface area contributed by atoms with Gasteiger partial charge in [0, 0.05) is 25.6 Å². The highest BCUT2D eigenvalue weighted by Gasteiger charge is 2.46. The fraction of sp³-hybridized carbons (Fsp3) is 0.429. The molecule has 0 bridgehead atoms. The lowest BCUT2D eigenvalue weighted by Crippen LogP contribution is -2.43. The maximum atomic E-state index is 12.3. The summed E-state index contributed by atoms with van der Waals surface area (Å²) >= 11 is 5.40. The van der Waals surface area contributed by atoms with Gasteiger partial charge in [0.25, 0.3) is 0 Å². The van der Waals surface area contributed by atoms with Crippen LogP contribution in [0.25, 0.3) is 0 Å². The van der Waals surface area contributed by atoms with Crippen LogP contribution in [0.3, 0.4) is 0 Å². The molecule has 0 aliphatic carbocycles. The van der Waals surface area contributed by atoms with Gasteiger partial charge in [0.2, 0.25) is 11.8 Å². The largest absolute Gasteiger partial charge is 0.371 e. The average Bonchev–Trinajstić information content (AvgIpc) is 3.22. The van der Waals surface area contributed by atoms with Crippen molar-refractivity contribution in [3.8, 4) is 0 Å². The average molecular weight is 531 g/mol. The summed E-state index contributed by atoms with van der Waals surface area (Å²) in [4.78, 5) is 26.8. The molecule has 2 amide bonds. The Kier molecular flexibility index (Phi) is 11.6. The van der Waals surface area contributed by atoms with Crippen LogP contribution in [-0.4, -0.2) is 60.0 Å². The molecule has 2 aromatic carbocycles. The minimum atomic E-state index is -1.16. The lowest BCUT2D eigenvalue weighted by molar-refractivity contribution is -0.144. The van der Waals surface area contributed by atoms with E-state index in [4.69, 9.17) is 0 Å². The number of aliphatic hydroxyl groups is 2. The van der Waals surface area contributed by atoms with Gasteiger partial charge in [-0.05, 0) is 42.6 Å². The molecular formula is C28H38N2O4S2. The molecule has 3 unspecified atom stereocenters. The quantitative estimate of drug-likeness (QED) is 0.480. The first kappa shape index (κ1) is 30.0. The van der Waals surface area contributed by atoms with Crippen LogP contribution in [0.5, 0.6) is 0 Å². The van der Waals surface area contributed by atoms with E-state index in [1.54, 1.807) is 30.5 Å². The smallest absolute Gasteiger partial charge is 0.249 e. The van der Waals surface area contributed by atoms with Crippen LogP contribution in [0, 0.1) is 0 Å². The zero-order chi connectivity index (χ0) is 26.8. The number of hydrogen-bond donors (Lipinski definition) is 3. The molecule has 1 fully saturated rings. The number of thioether (sulfide) groups is 1. The molecule has 0 saturated carbocycles. The van der Waals surface area contributed by atoms with E-state index in [2.05, 4.69) is 12.6 Å². The third-order valence-corrected chi connectivity index (χ3v) is 6.89. The number of benzene rings is 2. The minimum absolute atomic E-state index is 0.0516. The van der Waals surface area contributed by atoms with Crippen LogP contribution < -0.4 is 0 Å². The van der Waals surface area contributed by atoms with E-state index < -0.39 is 11.4 Å². The summed E-state index contributed by atoms with van der Waals surface area (Å²) in [6.07, 6.45) is 3.43. The number of carbonyl (C=O) groups is 2. The molecule has 8 heteroatoms. The highest BCUT2D eigenvalue weighted by atomic mass is 32.2. The molecule has 2 aliphatic rings. The molecule has 0 radical (unpaired) electrons. The fourth-order valence-corrected chi connectivity index (χ4v) is 5.05. The van der Waals surface area contributed by atoms with E-state index in [0.29, 0.717) is 19.5 Å². The molecule has 4 rings (SSSR count). The van der Waals surface area contributed by atoms with Crippen molar-refractivity contribution in [1.29, 1.82) is 0 Å². The van der Waals surface area contributed by atoms with Crippen molar-refractivity contribution in [3.63, 3.8) is 0 Å². The van der Waals surface area contributed by atoms with Crippen molar-refractivity contribution in [2.45, 2.75) is 63.9 Å². The van der Waals surface area contributed by atoms with Gasteiger partial charge >= 0.3 is 0 Å². The first-order valence-corrected chi connectivity index (χ1v) is 13.8. The Morgan fingerprint density at radius 1 is 0.917 bits per heavy atom. The second-order valence-corrected chi connectivity index (χ2v) is 11.0. The number of amides is 2. The molecule has 196 valence electrons. The Labute approximate surface area is 224 Å². The van der Waals surface area contributed by atoms with Crippen LogP contribution >= 0.6 is 24.4 Å². The molecule has 3 atom stereocenters. The molecule has 2 N–H and O–H groups in total. The van der Waals surface area contributed by atoms with Gasteiger partial charge in [0.1, 0.15) is 5.72 Å². The van der Waals surface area contributed by atoms with Crippen LogP contribution in [-0.2, 0) is 22.7 Å². The first-order chi connectivity index (χ1) is 17.1. The predicted octanol–water partition coefficient (Wildman–Crippen LogP) is 4.48. The summed E-state index contributed by atoms with van der Waals surface area (Å²) in [6.45, 7) is 8.27. The van der Waals surface area contributed by atoms with Crippen molar-refractivity contribution in [3.05, 3.63) is 83.9 Å². The highest BCUT2D eigenvalue weighted by Crippen LogP contribution is 2.35. The molecule has 0 spiro atoms. The predicted molar refractivity (Wildman–Crippen MR) is 150 cm³/mol. The van der Waals surface area contributed by atoms with Crippen molar-refractivity contribution in [1.82, 2.24) is 9.80 Å². The van der Waals surface area contributed by atoms with Crippen LogP contribution in [0.2, 0.25) is 0 Å². The topological polar surface area (TPSA) is 81.1 Å². The molecule has 6 nitrogen and oxygen atoms in total. The Bertz CT molecular complexity index is 997. The van der Waals surface area contributed by atoms with Crippen molar-refractivity contribution in [2.24, 2.45) is 0 Å². The molecule has 2 heterocycles. The fourth-order valence-electron chi connectivity index (χ4n) is 3.94. The first-order valence-electron chi connectivity index (χ1n) is 12.1. The second-order valence-electron chi connectivity index (χ2n) is 8.93. The third-order valence-electron chi connectivity index (χ3n) is 5.78. The maximum absolute atomic E-state index is 12.3. The van der Waals surface area contributed by atoms with Gasteiger partial charge in [-0.3, -0.25) is 9.59 Å². The normalized spacial score (nSPS) is 24.8. The maximum Gasteiger partial charge on any atom is 0.249 e. The highest BCUT2D eigenvalue weighted by molar-refractivity contribution is 8.00. The van der Waals surface area contributed by atoms with Crippen molar-refractivity contribution >= 4 is 36.2 Å². The summed E-state index contributed by atoms with van der Waals surface area (Å²) in [7, 11) is 0. The van der Waals surface area contributed by atoms with E-state index >= 15 is 0 Å². The Morgan fingerprint density at radius 2 is 1.39 bits per heavy atom. The summed E-state index contributed by atoms with van der Waals surface area (Å²) in [6, 6.07) is 19.4. The molecule has 1 saturated heterocycles. The molecule has 0 aromatic heterocycles. The Morgan fingerprint density at radius 3 is 1.81 bits per heavy atom. The standard InChI is InChI=1S/C14H19NO2S.C12H13NO2.C2H6S/c1-3-18-12-9-14(2,17)15(13(12)16)10-11-7-5-4-6-8-11;1-12(15)8-7-11(14)13(12)9-10-5-3-2-4-6-10;1-2-3/h4-8,12,17H,3,9-10H2,1-2H3;2-8,15H,9H2,1H3;3H,2H2,1H3. The summed E-state index contributed by atoms with van der Waals surface area (Å²) in [5.41, 5.74) is -0.129. The van der Waals surface area contributed by atoms with E-state index in [1.165, 1.54) is 17.1 Å². The van der Waals surface area contributed by atoms with Gasteiger partial charge in [-0.15, -0.1) is 11.8 Å². The van der Waals surface area contributed by atoms with Gasteiger partial charge < -0.3 is 20.0 Å². The number of carbonyl (C=O) groups excluding carboxylic acids is 2. The van der Waals surface area contributed by atoms with E-state index in [-0.39, 0.29) is 17.1 Å². The van der Waals surface area contributed by atoms with E-state index in [1.807, 2.05) is 74.5 Å². The zero-order valence-corrected chi connectivity index (χ0v) is 23.2. The monoisotopic (exact) mass is 530 g/mol. The summed E-state index contributed by atoms with van der Waals surface area (Å²) in [5.74, 6) is 1.74. The second kappa shape index (κ2) is 13.9. The van der Waals surface area contributed by atoms with Gasteiger partial charge in [0.15, 0.2) is 5.72 Å². The van der Waals surface area contributed by atoms with Crippen LogP contribution in [0.1, 0.15) is 45.2 Å². The summed E-state index contributed by atoms with van der Waals surface area (Å²) < 4.78 is 0. The third kappa shape index (κ3) is 8.40. The van der Waals surface area contributed by atoms with Crippen LogP contribution in [0.15, 0.2) is 72.8 Å². The van der Waals surface area contributed by atoms with Crippen molar-refractivity contribution < 1.29 is 19.8 Å². The van der Waals surface area contributed by atoms with E-state index in [0.717, 1.165) is 22.6 Å². The van der Waals surface area contributed by atoms with Gasteiger partial charge in [-0.25, -0.2) is 0 Å². The Balaban J connectivity index is 0.000000232. The molecular weight excluding hydrogens is 492 g/mol. The number of nitrogens with zero attached hydrogens (tertiary/aromatic N) is 2. The molecule has 2 aromatic rings. The molecule has 36 heavy (non-hydrogen) atoms. The van der Waals surface area contributed by atoms with Gasteiger partial charge in [-0.2, -0.15) is 12.6 Å². The SMILES string of the molecule is CC1(O)C=CC(=O)N1Cc1ccccc1.CCS.CCSC1CC(C)(O)N(Cc2ccccc2)C1=O. The lowest BCUT2D eigenvalue weighted by Gasteiger charge is -2.29. The number of rotatable bonds is 6.